The summed E-state index contributed by atoms with van der Waals surface area (Å²) in [6.07, 6.45) is 1.66. The number of carbonyl (C=O) groups is 1. The Kier molecular flexibility index (Phi) is 3.13. The highest BCUT2D eigenvalue weighted by molar-refractivity contribution is 6.02. The fourth-order valence-electron chi connectivity index (χ4n) is 2.70. The van der Waals surface area contributed by atoms with Gasteiger partial charge in [-0.1, -0.05) is 24.3 Å². The van der Waals surface area contributed by atoms with Gasteiger partial charge in [0.2, 0.25) is 0 Å². The van der Waals surface area contributed by atoms with Gasteiger partial charge in [-0.25, -0.2) is 9.59 Å². The Bertz CT molecular complexity index is 1140. The lowest BCUT2D eigenvalue weighted by Gasteiger charge is -2.05. The molecule has 24 heavy (non-hydrogen) atoms. The topological polar surface area (TPSA) is 80.4 Å². The van der Waals surface area contributed by atoms with Crippen LogP contribution in [-0.4, -0.2) is 16.1 Å². The number of pyridine rings is 1. The van der Waals surface area contributed by atoms with E-state index in [2.05, 4.69) is 4.98 Å². The van der Waals surface area contributed by atoms with Crippen molar-refractivity contribution in [1.82, 2.24) is 4.98 Å². The molecule has 4 rings (SSSR count). The van der Waals surface area contributed by atoms with Crippen molar-refractivity contribution in [3.63, 3.8) is 0 Å². The molecule has 0 radical (unpaired) electrons. The summed E-state index contributed by atoms with van der Waals surface area (Å²) in [5, 5.41) is 10.4. The number of hydrogen-bond donors (Lipinski definition) is 1. The molecule has 0 atom stereocenters. The third kappa shape index (κ3) is 2.23. The standard InChI is InChI=1S/C19H11NO4/c21-18(22)12-7-5-11(6-8-12)15-9-13-10-20-16-4-2-1-3-14(16)17(13)24-19(15)23/h1-10H,(H,21,22). The van der Waals surface area contributed by atoms with Gasteiger partial charge in [0.25, 0.3) is 0 Å². The smallest absolute Gasteiger partial charge is 0.344 e. The maximum absolute atomic E-state index is 12.4. The van der Waals surface area contributed by atoms with Gasteiger partial charge in [0, 0.05) is 17.0 Å². The van der Waals surface area contributed by atoms with Gasteiger partial charge in [-0.15, -0.1) is 0 Å². The predicted molar refractivity (Wildman–Crippen MR) is 90.2 cm³/mol. The molecule has 0 aliphatic rings. The van der Waals surface area contributed by atoms with Crippen LogP contribution in [0.4, 0.5) is 0 Å². The average molecular weight is 317 g/mol. The molecule has 0 aliphatic heterocycles. The summed E-state index contributed by atoms with van der Waals surface area (Å²) in [5.74, 6) is -1.01. The quantitative estimate of drug-likeness (QED) is 0.570. The third-order valence-corrected chi connectivity index (χ3v) is 3.91. The molecular weight excluding hydrogens is 306 g/mol. The Morgan fingerprint density at radius 3 is 2.54 bits per heavy atom. The second-order valence-corrected chi connectivity index (χ2v) is 5.39. The van der Waals surface area contributed by atoms with E-state index >= 15 is 0 Å². The van der Waals surface area contributed by atoms with Crippen molar-refractivity contribution in [1.29, 1.82) is 0 Å². The number of para-hydroxylation sites is 1. The molecule has 0 bridgehead atoms. The lowest BCUT2D eigenvalue weighted by Crippen LogP contribution is -2.03. The molecule has 5 heteroatoms. The van der Waals surface area contributed by atoms with Crippen LogP contribution >= 0.6 is 0 Å². The molecule has 5 nitrogen and oxygen atoms in total. The van der Waals surface area contributed by atoms with E-state index in [0.29, 0.717) is 22.1 Å². The summed E-state index contributed by atoms with van der Waals surface area (Å²) in [6, 6.07) is 15.3. The van der Waals surface area contributed by atoms with Crippen LogP contribution in [0.3, 0.4) is 0 Å². The highest BCUT2D eigenvalue weighted by Gasteiger charge is 2.11. The van der Waals surface area contributed by atoms with Crippen molar-refractivity contribution >= 4 is 27.8 Å². The average Bonchev–Trinajstić information content (AvgIpc) is 2.61. The fraction of sp³-hybridized carbons (Fsp3) is 0. The van der Waals surface area contributed by atoms with E-state index in [1.54, 1.807) is 24.4 Å². The van der Waals surface area contributed by atoms with Gasteiger partial charge in [-0.2, -0.15) is 0 Å². The van der Waals surface area contributed by atoms with Crippen molar-refractivity contribution in [3.8, 4) is 11.1 Å². The number of rotatable bonds is 2. The van der Waals surface area contributed by atoms with Gasteiger partial charge in [0.05, 0.1) is 16.6 Å². The minimum absolute atomic E-state index is 0.164. The lowest BCUT2D eigenvalue weighted by molar-refractivity contribution is 0.0697. The maximum Gasteiger partial charge on any atom is 0.344 e. The molecule has 2 heterocycles. The normalized spacial score (nSPS) is 11.0. The van der Waals surface area contributed by atoms with E-state index < -0.39 is 11.6 Å². The molecule has 116 valence electrons. The number of fused-ring (bicyclic) bond motifs is 3. The Morgan fingerprint density at radius 2 is 1.79 bits per heavy atom. The third-order valence-electron chi connectivity index (χ3n) is 3.91. The first-order chi connectivity index (χ1) is 11.6. The van der Waals surface area contributed by atoms with E-state index in [-0.39, 0.29) is 5.56 Å². The number of aromatic nitrogens is 1. The SMILES string of the molecule is O=C(O)c1ccc(-c2cc3cnc4ccccc4c3oc2=O)cc1. The summed E-state index contributed by atoms with van der Waals surface area (Å²) in [7, 11) is 0. The van der Waals surface area contributed by atoms with Crippen LogP contribution in [0.25, 0.3) is 33.0 Å². The first-order valence-corrected chi connectivity index (χ1v) is 7.29. The number of carboxylic acids is 1. The zero-order valence-corrected chi connectivity index (χ0v) is 12.4. The van der Waals surface area contributed by atoms with Gasteiger partial charge >= 0.3 is 11.6 Å². The minimum Gasteiger partial charge on any atom is -0.478 e. The molecule has 0 unspecified atom stereocenters. The predicted octanol–water partition coefficient (Wildman–Crippen LogP) is 3.71. The second kappa shape index (κ2) is 5.31. The van der Waals surface area contributed by atoms with Crippen molar-refractivity contribution in [2.75, 3.05) is 0 Å². The summed E-state index contributed by atoms with van der Waals surface area (Å²) < 4.78 is 5.53. The Hall–Kier alpha value is -3.47. The lowest BCUT2D eigenvalue weighted by atomic mass is 10.0. The van der Waals surface area contributed by atoms with Crippen LogP contribution in [0.15, 0.2) is 70.0 Å². The largest absolute Gasteiger partial charge is 0.478 e. The number of nitrogens with zero attached hydrogens (tertiary/aromatic N) is 1. The van der Waals surface area contributed by atoms with Crippen molar-refractivity contribution in [2.45, 2.75) is 0 Å². The first-order valence-electron chi connectivity index (χ1n) is 7.29. The molecule has 0 fully saturated rings. The van der Waals surface area contributed by atoms with E-state index in [1.807, 2.05) is 24.3 Å². The molecule has 4 aromatic rings. The monoisotopic (exact) mass is 317 g/mol. The van der Waals surface area contributed by atoms with E-state index in [1.165, 1.54) is 12.1 Å². The molecule has 1 N–H and O–H groups in total. The molecule has 0 saturated heterocycles. The van der Waals surface area contributed by atoms with Gasteiger partial charge in [-0.05, 0) is 35.9 Å². The van der Waals surface area contributed by atoms with Crippen molar-refractivity contribution in [3.05, 3.63) is 76.8 Å². The van der Waals surface area contributed by atoms with Crippen LogP contribution in [0.5, 0.6) is 0 Å². The van der Waals surface area contributed by atoms with Crippen LogP contribution in [0, 0.1) is 0 Å². The molecule has 0 spiro atoms. The van der Waals surface area contributed by atoms with Crippen LogP contribution in [-0.2, 0) is 0 Å². The zero-order valence-electron chi connectivity index (χ0n) is 12.4. The number of carboxylic acid groups (broad SMARTS) is 1. The zero-order chi connectivity index (χ0) is 16.7. The molecule has 2 aromatic carbocycles. The summed E-state index contributed by atoms with van der Waals surface area (Å²) >= 11 is 0. The fourth-order valence-corrected chi connectivity index (χ4v) is 2.70. The minimum atomic E-state index is -1.01. The van der Waals surface area contributed by atoms with E-state index in [9.17, 15) is 9.59 Å². The van der Waals surface area contributed by atoms with Crippen LogP contribution in [0.1, 0.15) is 10.4 Å². The van der Waals surface area contributed by atoms with E-state index in [4.69, 9.17) is 9.52 Å². The second-order valence-electron chi connectivity index (χ2n) is 5.39. The Balaban J connectivity index is 1.94. The van der Waals surface area contributed by atoms with Gasteiger partial charge in [0.1, 0.15) is 5.58 Å². The summed E-state index contributed by atoms with van der Waals surface area (Å²) in [6.45, 7) is 0. The number of aromatic carboxylic acids is 1. The van der Waals surface area contributed by atoms with Gasteiger partial charge < -0.3 is 9.52 Å². The van der Waals surface area contributed by atoms with Crippen molar-refractivity contribution < 1.29 is 14.3 Å². The van der Waals surface area contributed by atoms with Crippen molar-refractivity contribution in [2.24, 2.45) is 0 Å². The van der Waals surface area contributed by atoms with Gasteiger partial charge in [-0.3, -0.25) is 4.98 Å². The molecule has 0 amide bonds. The first kappa shape index (κ1) is 14.1. The van der Waals surface area contributed by atoms with Crippen LogP contribution < -0.4 is 5.63 Å². The Morgan fingerprint density at radius 1 is 1.04 bits per heavy atom. The van der Waals surface area contributed by atoms with E-state index in [0.717, 1.165) is 10.9 Å². The Labute approximate surface area is 135 Å². The molecule has 0 aliphatic carbocycles. The maximum atomic E-state index is 12.4. The summed E-state index contributed by atoms with van der Waals surface area (Å²) in [5.41, 5.74) is 1.92. The van der Waals surface area contributed by atoms with Gasteiger partial charge in [0.15, 0.2) is 0 Å². The highest BCUT2D eigenvalue weighted by Crippen LogP contribution is 2.26. The number of hydrogen-bond acceptors (Lipinski definition) is 4. The highest BCUT2D eigenvalue weighted by atomic mass is 16.4. The molecular formula is C19H11NO4. The molecule has 0 saturated carbocycles. The molecule has 2 aromatic heterocycles. The summed E-state index contributed by atoms with van der Waals surface area (Å²) in [4.78, 5) is 27.7. The van der Waals surface area contributed by atoms with Crippen LogP contribution in [0.2, 0.25) is 0 Å². The number of benzene rings is 2.